The Kier molecular flexibility index (Phi) is 2.91. The van der Waals surface area contributed by atoms with E-state index in [2.05, 4.69) is 9.47 Å². The highest BCUT2D eigenvalue weighted by atomic mass is 16.5. The van der Waals surface area contributed by atoms with Crippen LogP contribution in [-0.4, -0.2) is 30.7 Å². The molecule has 76 valence electrons. The standard InChI is InChI=1S/C9H11NO4/c1-10-6(8(11)13-2)4-5-7(10)9(12)14-3/h4-5H,1-3H3. The Balaban J connectivity index is 3.08. The summed E-state index contributed by atoms with van der Waals surface area (Å²) >= 11 is 0. The maximum absolute atomic E-state index is 11.2. The molecule has 0 unspecified atom stereocenters. The van der Waals surface area contributed by atoms with E-state index in [-0.39, 0.29) is 0 Å². The zero-order valence-corrected chi connectivity index (χ0v) is 8.23. The minimum absolute atomic E-state index is 0.313. The smallest absolute Gasteiger partial charge is 0.354 e. The maximum atomic E-state index is 11.2. The summed E-state index contributed by atoms with van der Waals surface area (Å²) in [4.78, 5) is 22.3. The molecule has 0 amide bonds. The summed E-state index contributed by atoms with van der Waals surface area (Å²) in [5.41, 5.74) is 0.626. The van der Waals surface area contributed by atoms with E-state index in [4.69, 9.17) is 0 Å². The molecule has 0 aliphatic rings. The first-order valence-electron chi connectivity index (χ1n) is 3.94. The van der Waals surface area contributed by atoms with Crippen molar-refractivity contribution in [2.75, 3.05) is 14.2 Å². The zero-order valence-electron chi connectivity index (χ0n) is 8.23. The largest absolute Gasteiger partial charge is 0.464 e. The lowest BCUT2D eigenvalue weighted by atomic mass is 10.4. The third-order valence-corrected chi connectivity index (χ3v) is 1.91. The van der Waals surface area contributed by atoms with Gasteiger partial charge in [-0.3, -0.25) is 0 Å². The summed E-state index contributed by atoms with van der Waals surface area (Å²) < 4.78 is 10.5. The molecule has 1 aromatic heterocycles. The summed E-state index contributed by atoms with van der Waals surface area (Å²) in [6, 6.07) is 3.02. The van der Waals surface area contributed by atoms with Gasteiger partial charge in [-0.1, -0.05) is 0 Å². The van der Waals surface area contributed by atoms with Gasteiger partial charge in [-0.05, 0) is 12.1 Å². The Bertz CT molecular complexity index is 333. The van der Waals surface area contributed by atoms with Crippen LogP contribution in [0.5, 0.6) is 0 Å². The van der Waals surface area contributed by atoms with Crippen molar-refractivity contribution in [3.05, 3.63) is 23.5 Å². The molecule has 0 aliphatic carbocycles. The van der Waals surface area contributed by atoms with E-state index in [0.29, 0.717) is 11.4 Å². The average molecular weight is 197 g/mol. The van der Waals surface area contributed by atoms with E-state index >= 15 is 0 Å². The van der Waals surface area contributed by atoms with Gasteiger partial charge in [-0.25, -0.2) is 9.59 Å². The monoisotopic (exact) mass is 197 g/mol. The number of methoxy groups -OCH3 is 2. The summed E-state index contributed by atoms with van der Waals surface area (Å²) in [5.74, 6) is -0.967. The molecular formula is C9H11NO4. The summed E-state index contributed by atoms with van der Waals surface area (Å²) in [6.07, 6.45) is 0. The average Bonchev–Trinajstić information content (AvgIpc) is 2.58. The van der Waals surface area contributed by atoms with E-state index in [9.17, 15) is 9.59 Å². The van der Waals surface area contributed by atoms with Crippen molar-refractivity contribution >= 4 is 11.9 Å². The number of aromatic nitrogens is 1. The summed E-state index contributed by atoms with van der Waals surface area (Å²) in [7, 11) is 4.17. The van der Waals surface area contributed by atoms with Crippen molar-refractivity contribution < 1.29 is 19.1 Å². The van der Waals surface area contributed by atoms with Gasteiger partial charge in [0.05, 0.1) is 14.2 Å². The molecule has 0 saturated carbocycles. The van der Waals surface area contributed by atoms with Crippen molar-refractivity contribution in [2.24, 2.45) is 7.05 Å². The molecule has 0 aromatic carbocycles. The Labute approximate surface area is 81.2 Å². The lowest BCUT2D eigenvalue weighted by Gasteiger charge is -2.04. The number of carbonyl (C=O) groups is 2. The van der Waals surface area contributed by atoms with Crippen molar-refractivity contribution in [1.29, 1.82) is 0 Å². The number of esters is 2. The molecule has 0 saturated heterocycles. The van der Waals surface area contributed by atoms with Crippen LogP contribution in [0.2, 0.25) is 0 Å². The number of nitrogens with zero attached hydrogens (tertiary/aromatic N) is 1. The Morgan fingerprint density at radius 1 is 1.07 bits per heavy atom. The SMILES string of the molecule is COC(=O)c1ccc(C(=O)OC)n1C. The fraction of sp³-hybridized carbons (Fsp3) is 0.333. The van der Waals surface area contributed by atoms with Crippen LogP contribution in [0.3, 0.4) is 0 Å². The van der Waals surface area contributed by atoms with Gasteiger partial charge >= 0.3 is 11.9 Å². The number of hydrogen-bond acceptors (Lipinski definition) is 4. The first kappa shape index (κ1) is 10.3. The minimum atomic E-state index is -0.484. The zero-order chi connectivity index (χ0) is 10.7. The molecule has 1 heterocycles. The molecule has 14 heavy (non-hydrogen) atoms. The van der Waals surface area contributed by atoms with E-state index in [0.717, 1.165) is 0 Å². The minimum Gasteiger partial charge on any atom is -0.464 e. The van der Waals surface area contributed by atoms with Gasteiger partial charge in [0.15, 0.2) is 0 Å². The second kappa shape index (κ2) is 3.95. The number of ether oxygens (including phenoxy) is 2. The fourth-order valence-corrected chi connectivity index (χ4v) is 1.13. The highest BCUT2D eigenvalue weighted by Crippen LogP contribution is 2.09. The van der Waals surface area contributed by atoms with Crippen LogP contribution in [0.25, 0.3) is 0 Å². The molecule has 0 atom stereocenters. The van der Waals surface area contributed by atoms with Crippen molar-refractivity contribution in [2.45, 2.75) is 0 Å². The van der Waals surface area contributed by atoms with E-state index in [1.54, 1.807) is 7.05 Å². The molecule has 0 aliphatic heterocycles. The van der Waals surface area contributed by atoms with Crippen LogP contribution in [-0.2, 0) is 16.5 Å². The van der Waals surface area contributed by atoms with Crippen molar-refractivity contribution in [3.63, 3.8) is 0 Å². The molecule has 5 nitrogen and oxygen atoms in total. The van der Waals surface area contributed by atoms with Gasteiger partial charge in [-0.15, -0.1) is 0 Å². The predicted octanol–water partition coefficient (Wildman–Crippen LogP) is 0.598. The fourth-order valence-electron chi connectivity index (χ4n) is 1.13. The van der Waals surface area contributed by atoms with Crippen LogP contribution >= 0.6 is 0 Å². The first-order valence-corrected chi connectivity index (χ1v) is 3.94. The van der Waals surface area contributed by atoms with Crippen LogP contribution in [0.4, 0.5) is 0 Å². The Morgan fingerprint density at radius 3 is 1.71 bits per heavy atom. The van der Waals surface area contributed by atoms with Gasteiger partial charge < -0.3 is 14.0 Å². The molecule has 0 bridgehead atoms. The molecule has 0 fully saturated rings. The Morgan fingerprint density at radius 2 is 1.43 bits per heavy atom. The molecular weight excluding hydrogens is 186 g/mol. The first-order chi connectivity index (χ1) is 6.61. The van der Waals surface area contributed by atoms with Crippen molar-refractivity contribution in [1.82, 2.24) is 4.57 Å². The number of rotatable bonds is 2. The molecule has 0 N–H and O–H groups in total. The topological polar surface area (TPSA) is 57.5 Å². The summed E-state index contributed by atoms with van der Waals surface area (Å²) in [5, 5.41) is 0. The highest BCUT2D eigenvalue weighted by Gasteiger charge is 2.17. The third-order valence-electron chi connectivity index (χ3n) is 1.91. The molecule has 5 heteroatoms. The molecule has 1 aromatic rings. The van der Waals surface area contributed by atoms with Crippen LogP contribution in [0.1, 0.15) is 21.0 Å². The second-order valence-electron chi connectivity index (χ2n) is 2.65. The summed E-state index contributed by atoms with van der Waals surface area (Å²) in [6.45, 7) is 0. The Hall–Kier alpha value is -1.78. The maximum Gasteiger partial charge on any atom is 0.354 e. The van der Waals surface area contributed by atoms with Gasteiger partial charge in [-0.2, -0.15) is 0 Å². The van der Waals surface area contributed by atoms with Gasteiger partial charge in [0.25, 0.3) is 0 Å². The van der Waals surface area contributed by atoms with Crippen LogP contribution in [0.15, 0.2) is 12.1 Å². The molecule has 1 rings (SSSR count). The third kappa shape index (κ3) is 1.61. The van der Waals surface area contributed by atoms with E-state index in [1.165, 1.54) is 30.9 Å². The van der Waals surface area contributed by atoms with Crippen molar-refractivity contribution in [3.8, 4) is 0 Å². The quantitative estimate of drug-likeness (QED) is 0.651. The molecule has 0 radical (unpaired) electrons. The normalized spacial score (nSPS) is 9.64. The number of carbonyl (C=O) groups excluding carboxylic acids is 2. The lowest BCUT2D eigenvalue weighted by molar-refractivity contribution is 0.0580. The van der Waals surface area contributed by atoms with Gasteiger partial charge in [0, 0.05) is 7.05 Å². The van der Waals surface area contributed by atoms with Gasteiger partial charge in [0.2, 0.25) is 0 Å². The highest BCUT2D eigenvalue weighted by molar-refractivity contribution is 5.93. The van der Waals surface area contributed by atoms with Crippen LogP contribution in [0, 0.1) is 0 Å². The molecule has 0 spiro atoms. The second-order valence-corrected chi connectivity index (χ2v) is 2.65. The van der Waals surface area contributed by atoms with Gasteiger partial charge in [0.1, 0.15) is 11.4 Å². The lowest BCUT2D eigenvalue weighted by Crippen LogP contribution is -2.13. The number of hydrogen-bond donors (Lipinski definition) is 0. The van der Waals surface area contributed by atoms with E-state index < -0.39 is 11.9 Å². The van der Waals surface area contributed by atoms with E-state index in [1.807, 2.05) is 0 Å². The predicted molar refractivity (Wildman–Crippen MR) is 48.1 cm³/mol. The van der Waals surface area contributed by atoms with Crippen LogP contribution < -0.4 is 0 Å².